The molecular formula is C26H30O4. The Morgan fingerprint density at radius 2 is 1.13 bits per heavy atom. The van der Waals surface area contributed by atoms with Crippen LogP contribution in [0.2, 0.25) is 0 Å². The van der Waals surface area contributed by atoms with E-state index in [9.17, 15) is 0 Å². The monoisotopic (exact) mass is 406 g/mol. The molecule has 1 unspecified atom stereocenters. The fraction of sp³-hybridized carbons (Fsp3) is 0.308. The predicted molar refractivity (Wildman–Crippen MR) is 120 cm³/mol. The number of hydrogen-bond acceptors (Lipinski definition) is 4. The van der Waals surface area contributed by atoms with Crippen molar-refractivity contribution in [2.75, 3.05) is 28.4 Å². The first-order valence-corrected chi connectivity index (χ1v) is 10.1. The summed E-state index contributed by atoms with van der Waals surface area (Å²) in [6, 6.07) is 23.0. The molecule has 0 heterocycles. The molecule has 0 fully saturated rings. The van der Waals surface area contributed by atoms with Gasteiger partial charge in [0.15, 0.2) is 23.0 Å². The minimum Gasteiger partial charge on any atom is -0.493 e. The standard InChI is InChI=1S/C26H30O4/c1-27-23-14-11-19(17-25(23)29-3)10-13-22(21-8-6-5-7-9-21)16-20-12-15-24(28-2)26(18-20)30-4/h5-9,11-12,14-15,17-18,22H,10,13,16H2,1-4H3. The van der Waals surface area contributed by atoms with E-state index in [1.54, 1.807) is 28.4 Å². The second-order valence-corrected chi connectivity index (χ2v) is 7.23. The van der Waals surface area contributed by atoms with Gasteiger partial charge in [-0.1, -0.05) is 42.5 Å². The van der Waals surface area contributed by atoms with Gasteiger partial charge in [0.25, 0.3) is 0 Å². The van der Waals surface area contributed by atoms with Crippen molar-refractivity contribution < 1.29 is 18.9 Å². The van der Waals surface area contributed by atoms with Crippen LogP contribution in [0.1, 0.15) is 29.0 Å². The molecule has 4 nitrogen and oxygen atoms in total. The Hall–Kier alpha value is -3.14. The molecule has 0 aliphatic rings. The topological polar surface area (TPSA) is 36.9 Å². The van der Waals surface area contributed by atoms with Crippen molar-refractivity contribution in [3.63, 3.8) is 0 Å². The van der Waals surface area contributed by atoms with E-state index < -0.39 is 0 Å². The highest BCUT2D eigenvalue weighted by atomic mass is 16.5. The Morgan fingerprint density at radius 1 is 0.600 bits per heavy atom. The second-order valence-electron chi connectivity index (χ2n) is 7.23. The van der Waals surface area contributed by atoms with Crippen LogP contribution in [-0.4, -0.2) is 28.4 Å². The molecule has 0 amide bonds. The van der Waals surface area contributed by atoms with E-state index in [1.165, 1.54) is 16.7 Å². The van der Waals surface area contributed by atoms with Crippen LogP contribution in [0.4, 0.5) is 0 Å². The first kappa shape index (κ1) is 21.6. The van der Waals surface area contributed by atoms with Gasteiger partial charge in [-0.25, -0.2) is 0 Å². The van der Waals surface area contributed by atoms with Crippen LogP contribution in [0, 0.1) is 0 Å². The number of methoxy groups -OCH3 is 4. The van der Waals surface area contributed by atoms with Gasteiger partial charge in [-0.05, 0) is 66.1 Å². The lowest BCUT2D eigenvalue weighted by Crippen LogP contribution is -2.06. The van der Waals surface area contributed by atoms with E-state index in [4.69, 9.17) is 18.9 Å². The molecule has 0 aliphatic heterocycles. The molecule has 3 aromatic carbocycles. The maximum absolute atomic E-state index is 5.49. The highest BCUT2D eigenvalue weighted by Crippen LogP contribution is 2.33. The third kappa shape index (κ3) is 5.26. The van der Waals surface area contributed by atoms with Gasteiger partial charge in [0.1, 0.15) is 0 Å². The van der Waals surface area contributed by atoms with Gasteiger partial charge in [0.05, 0.1) is 28.4 Å². The maximum Gasteiger partial charge on any atom is 0.160 e. The fourth-order valence-electron chi connectivity index (χ4n) is 3.78. The highest BCUT2D eigenvalue weighted by molar-refractivity contribution is 5.44. The second kappa shape index (κ2) is 10.6. The summed E-state index contributed by atoms with van der Waals surface area (Å²) in [4.78, 5) is 0. The Morgan fingerprint density at radius 3 is 1.70 bits per heavy atom. The van der Waals surface area contributed by atoms with Crippen molar-refractivity contribution in [3.05, 3.63) is 83.4 Å². The van der Waals surface area contributed by atoms with Gasteiger partial charge >= 0.3 is 0 Å². The molecule has 0 bridgehead atoms. The molecule has 0 spiro atoms. The van der Waals surface area contributed by atoms with Crippen LogP contribution in [-0.2, 0) is 12.8 Å². The van der Waals surface area contributed by atoms with Crippen LogP contribution in [0.25, 0.3) is 0 Å². The van der Waals surface area contributed by atoms with E-state index in [-0.39, 0.29) is 0 Å². The zero-order chi connectivity index (χ0) is 21.3. The molecule has 0 saturated heterocycles. The van der Waals surface area contributed by atoms with Crippen molar-refractivity contribution in [2.45, 2.75) is 25.2 Å². The van der Waals surface area contributed by atoms with Crippen LogP contribution in [0.5, 0.6) is 23.0 Å². The average molecular weight is 407 g/mol. The van der Waals surface area contributed by atoms with Gasteiger partial charge < -0.3 is 18.9 Å². The average Bonchev–Trinajstić information content (AvgIpc) is 2.81. The van der Waals surface area contributed by atoms with Crippen molar-refractivity contribution in [3.8, 4) is 23.0 Å². The Bertz CT molecular complexity index is 937. The van der Waals surface area contributed by atoms with E-state index in [0.717, 1.165) is 42.3 Å². The minimum atomic E-state index is 0.386. The summed E-state index contributed by atoms with van der Waals surface area (Å²) in [5.74, 6) is 3.43. The van der Waals surface area contributed by atoms with Crippen molar-refractivity contribution in [2.24, 2.45) is 0 Å². The SMILES string of the molecule is COc1ccc(CCC(Cc2ccc(OC)c(OC)c2)c2ccccc2)cc1OC. The Kier molecular flexibility index (Phi) is 7.61. The molecule has 158 valence electrons. The summed E-state index contributed by atoms with van der Waals surface area (Å²) < 4.78 is 21.7. The van der Waals surface area contributed by atoms with Crippen LogP contribution >= 0.6 is 0 Å². The predicted octanol–water partition coefficient (Wildman–Crippen LogP) is 5.68. The zero-order valence-corrected chi connectivity index (χ0v) is 18.2. The summed E-state index contributed by atoms with van der Waals surface area (Å²) >= 11 is 0. The van der Waals surface area contributed by atoms with Gasteiger partial charge in [0.2, 0.25) is 0 Å². The molecule has 1 atom stereocenters. The molecule has 0 aliphatic carbocycles. The lowest BCUT2D eigenvalue weighted by molar-refractivity contribution is 0.354. The quantitative estimate of drug-likeness (QED) is 0.434. The largest absolute Gasteiger partial charge is 0.493 e. The molecule has 3 aromatic rings. The fourth-order valence-corrected chi connectivity index (χ4v) is 3.78. The molecular weight excluding hydrogens is 376 g/mol. The van der Waals surface area contributed by atoms with Gasteiger partial charge in [-0.2, -0.15) is 0 Å². The Balaban J connectivity index is 1.80. The summed E-state index contributed by atoms with van der Waals surface area (Å²) in [7, 11) is 6.67. The third-order valence-corrected chi connectivity index (χ3v) is 5.43. The van der Waals surface area contributed by atoms with Gasteiger partial charge in [-0.15, -0.1) is 0 Å². The number of benzene rings is 3. The lowest BCUT2D eigenvalue weighted by Gasteiger charge is -2.19. The smallest absolute Gasteiger partial charge is 0.160 e. The van der Waals surface area contributed by atoms with Crippen molar-refractivity contribution in [1.82, 2.24) is 0 Å². The minimum absolute atomic E-state index is 0.386. The maximum atomic E-state index is 5.49. The number of aryl methyl sites for hydroxylation is 1. The molecule has 0 N–H and O–H groups in total. The normalized spacial score (nSPS) is 11.6. The van der Waals surface area contributed by atoms with E-state index in [0.29, 0.717) is 5.92 Å². The van der Waals surface area contributed by atoms with Gasteiger partial charge in [0, 0.05) is 0 Å². The van der Waals surface area contributed by atoms with Crippen molar-refractivity contribution >= 4 is 0 Å². The summed E-state index contributed by atoms with van der Waals surface area (Å²) in [6.45, 7) is 0. The molecule has 4 heteroatoms. The first-order valence-electron chi connectivity index (χ1n) is 10.1. The van der Waals surface area contributed by atoms with Crippen LogP contribution in [0.15, 0.2) is 66.7 Å². The molecule has 3 rings (SSSR count). The summed E-state index contributed by atoms with van der Waals surface area (Å²) in [5.41, 5.74) is 3.81. The van der Waals surface area contributed by atoms with E-state index >= 15 is 0 Å². The third-order valence-electron chi connectivity index (χ3n) is 5.43. The Labute approximate surface area is 179 Å². The van der Waals surface area contributed by atoms with Crippen LogP contribution < -0.4 is 18.9 Å². The summed E-state index contributed by atoms with van der Waals surface area (Å²) in [5, 5.41) is 0. The summed E-state index contributed by atoms with van der Waals surface area (Å²) in [6.07, 6.45) is 2.90. The lowest BCUT2D eigenvalue weighted by atomic mass is 9.87. The molecule has 0 saturated carbocycles. The zero-order valence-electron chi connectivity index (χ0n) is 18.2. The van der Waals surface area contributed by atoms with E-state index in [1.807, 2.05) is 12.1 Å². The van der Waals surface area contributed by atoms with Gasteiger partial charge in [-0.3, -0.25) is 0 Å². The first-order chi connectivity index (χ1) is 14.7. The van der Waals surface area contributed by atoms with Crippen LogP contribution in [0.3, 0.4) is 0 Å². The van der Waals surface area contributed by atoms with E-state index in [2.05, 4.69) is 54.6 Å². The molecule has 0 radical (unpaired) electrons. The highest BCUT2D eigenvalue weighted by Gasteiger charge is 2.15. The number of hydrogen-bond donors (Lipinski definition) is 0. The number of rotatable bonds is 10. The number of ether oxygens (including phenoxy) is 4. The molecule has 30 heavy (non-hydrogen) atoms. The molecule has 0 aromatic heterocycles. The van der Waals surface area contributed by atoms with Crippen molar-refractivity contribution in [1.29, 1.82) is 0 Å².